The molecule has 1 heterocycles. The van der Waals surface area contributed by atoms with E-state index >= 15 is 0 Å². The first-order chi connectivity index (χ1) is 19.5. The Morgan fingerprint density at radius 3 is 2.23 bits per heavy atom. The third-order valence-electron chi connectivity index (χ3n) is 6.16. The van der Waals surface area contributed by atoms with E-state index in [0.29, 0.717) is 27.7 Å². The lowest BCUT2D eigenvalue weighted by molar-refractivity contribution is -0.144. The molecule has 1 aliphatic heterocycles. The predicted molar refractivity (Wildman–Crippen MR) is 155 cm³/mol. The fourth-order valence-corrected chi connectivity index (χ4v) is 4.38. The minimum absolute atomic E-state index is 0.0697. The second-order valence-electron chi connectivity index (χ2n) is 8.94. The van der Waals surface area contributed by atoms with Crippen molar-refractivity contribution in [2.24, 2.45) is 4.99 Å². The van der Waals surface area contributed by atoms with E-state index in [1.165, 1.54) is 4.90 Å². The number of benzene rings is 4. The molecule has 0 saturated carbocycles. The standard InChI is InChI=1S/C31H25ClN4O4/c32-23-15-17-24(18-16-23)33-31(39)35-29-30(38)36(19-27(37)40-20-21-9-3-1-4-10-21)26-14-8-7-13-25(26)28(34-29)22-11-5-2-6-12-22/h1-18,29H,19-20H2,(H2,33,35,39)/t29-/m1/s1. The van der Waals surface area contributed by atoms with Crippen LogP contribution in [0.25, 0.3) is 0 Å². The Labute approximate surface area is 236 Å². The van der Waals surface area contributed by atoms with Crippen LogP contribution in [0.3, 0.4) is 0 Å². The molecule has 4 aromatic rings. The molecule has 9 heteroatoms. The molecule has 0 fully saturated rings. The normalized spacial score (nSPS) is 14.4. The maximum Gasteiger partial charge on any atom is 0.326 e. The van der Waals surface area contributed by atoms with E-state index in [2.05, 4.69) is 10.6 Å². The van der Waals surface area contributed by atoms with Crippen LogP contribution in [0.2, 0.25) is 5.02 Å². The number of anilines is 2. The third kappa shape index (κ3) is 6.36. The summed E-state index contributed by atoms with van der Waals surface area (Å²) < 4.78 is 5.47. The quantitative estimate of drug-likeness (QED) is 0.299. The molecule has 0 aliphatic carbocycles. The van der Waals surface area contributed by atoms with Crippen LogP contribution in [0.5, 0.6) is 0 Å². The number of halogens is 1. The van der Waals surface area contributed by atoms with Gasteiger partial charge in [-0.1, -0.05) is 90.5 Å². The highest BCUT2D eigenvalue weighted by atomic mass is 35.5. The Morgan fingerprint density at radius 2 is 1.50 bits per heavy atom. The number of fused-ring (bicyclic) bond motifs is 1. The van der Waals surface area contributed by atoms with Crippen molar-refractivity contribution < 1.29 is 19.1 Å². The average Bonchev–Trinajstić information content (AvgIpc) is 3.09. The van der Waals surface area contributed by atoms with E-state index in [1.54, 1.807) is 36.4 Å². The van der Waals surface area contributed by atoms with Crippen molar-refractivity contribution in [1.29, 1.82) is 0 Å². The number of hydrogen-bond acceptors (Lipinski definition) is 5. The number of carbonyl (C=O) groups is 3. The Morgan fingerprint density at radius 1 is 0.850 bits per heavy atom. The zero-order chi connectivity index (χ0) is 27.9. The largest absolute Gasteiger partial charge is 0.459 e. The van der Waals surface area contributed by atoms with Crippen molar-refractivity contribution in [2.75, 3.05) is 16.8 Å². The van der Waals surface area contributed by atoms with Gasteiger partial charge < -0.3 is 15.4 Å². The van der Waals surface area contributed by atoms with E-state index < -0.39 is 24.1 Å². The first-order valence-electron chi connectivity index (χ1n) is 12.5. The first-order valence-corrected chi connectivity index (χ1v) is 12.9. The lowest BCUT2D eigenvalue weighted by Gasteiger charge is -2.24. The van der Waals surface area contributed by atoms with Crippen molar-refractivity contribution in [1.82, 2.24) is 5.32 Å². The van der Waals surface area contributed by atoms with Crippen molar-refractivity contribution in [3.05, 3.63) is 131 Å². The number of carbonyl (C=O) groups excluding carboxylic acids is 3. The van der Waals surface area contributed by atoms with Crippen molar-refractivity contribution in [2.45, 2.75) is 12.8 Å². The molecule has 1 aliphatic rings. The molecule has 5 rings (SSSR count). The first kappa shape index (κ1) is 26.6. The summed E-state index contributed by atoms with van der Waals surface area (Å²) in [5.41, 5.74) is 3.68. The SMILES string of the molecule is O=C(Nc1ccc(Cl)cc1)N[C@H]1N=C(c2ccccc2)c2ccccc2N(CC(=O)OCc2ccccc2)C1=O. The van der Waals surface area contributed by atoms with Gasteiger partial charge >= 0.3 is 12.0 Å². The summed E-state index contributed by atoms with van der Waals surface area (Å²) in [7, 11) is 0. The number of amides is 3. The van der Waals surface area contributed by atoms with Crippen LogP contribution in [0.4, 0.5) is 16.2 Å². The Kier molecular flexibility index (Phi) is 8.18. The number of rotatable bonds is 7. The molecule has 3 amide bonds. The average molecular weight is 553 g/mol. The monoisotopic (exact) mass is 552 g/mol. The maximum absolute atomic E-state index is 13.9. The van der Waals surface area contributed by atoms with Gasteiger partial charge in [-0.3, -0.25) is 14.5 Å². The van der Waals surface area contributed by atoms with Gasteiger partial charge in [0.15, 0.2) is 0 Å². The number of para-hydroxylation sites is 1. The summed E-state index contributed by atoms with van der Waals surface area (Å²) >= 11 is 5.94. The molecule has 0 unspecified atom stereocenters. The number of nitrogens with zero attached hydrogens (tertiary/aromatic N) is 2. The van der Waals surface area contributed by atoms with Crippen molar-refractivity contribution in [3.8, 4) is 0 Å². The molecule has 200 valence electrons. The molecule has 4 aromatic carbocycles. The summed E-state index contributed by atoms with van der Waals surface area (Å²) in [4.78, 5) is 45.8. The summed E-state index contributed by atoms with van der Waals surface area (Å²) in [6.45, 7) is -0.294. The van der Waals surface area contributed by atoms with E-state index in [4.69, 9.17) is 21.3 Å². The minimum atomic E-state index is -1.32. The van der Waals surface area contributed by atoms with Crippen molar-refractivity contribution >= 4 is 46.6 Å². The molecule has 2 N–H and O–H groups in total. The number of benzodiazepines with no additional fused rings is 1. The molecule has 40 heavy (non-hydrogen) atoms. The second-order valence-corrected chi connectivity index (χ2v) is 9.38. The Bertz CT molecular complexity index is 1540. The van der Waals surface area contributed by atoms with Crippen LogP contribution in [-0.4, -0.2) is 36.3 Å². The summed E-state index contributed by atoms with van der Waals surface area (Å²) in [5, 5.41) is 5.86. The number of ether oxygens (including phenoxy) is 1. The van der Waals surface area contributed by atoms with Crippen molar-refractivity contribution in [3.63, 3.8) is 0 Å². The van der Waals surface area contributed by atoms with Gasteiger partial charge in [0.05, 0.1) is 11.4 Å². The zero-order valence-corrected chi connectivity index (χ0v) is 22.0. The topological polar surface area (TPSA) is 100 Å². The van der Waals surface area contributed by atoms with E-state index in [9.17, 15) is 14.4 Å². The van der Waals surface area contributed by atoms with Gasteiger partial charge in [0, 0.05) is 21.8 Å². The maximum atomic E-state index is 13.9. The van der Waals surface area contributed by atoms with E-state index in [0.717, 1.165) is 11.1 Å². The van der Waals surface area contributed by atoms with Crippen LogP contribution in [0.1, 0.15) is 16.7 Å². The zero-order valence-electron chi connectivity index (χ0n) is 21.3. The molecular weight excluding hydrogens is 528 g/mol. The van der Waals surface area contributed by atoms with Gasteiger partial charge in [-0.05, 0) is 35.9 Å². The van der Waals surface area contributed by atoms with Crippen LogP contribution < -0.4 is 15.5 Å². The molecule has 0 spiro atoms. The fraction of sp³-hybridized carbons (Fsp3) is 0.0968. The van der Waals surface area contributed by atoms with Gasteiger partial charge in [0.1, 0.15) is 13.2 Å². The Balaban J connectivity index is 1.45. The minimum Gasteiger partial charge on any atom is -0.459 e. The fourth-order valence-electron chi connectivity index (χ4n) is 4.25. The molecule has 0 aromatic heterocycles. The lowest BCUT2D eigenvalue weighted by Crippen LogP contribution is -2.50. The number of hydrogen-bond donors (Lipinski definition) is 2. The molecule has 8 nitrogen and oxygen atoms in total. The highest BCUT2D eigenvalue weighted by molar-refractivity contribution is 6.30. The highest BCUT2D eigenvalue weighted by Crippen LogP contribution is 2.28. The summed E-state index contributed by atoms with van der Waals surface area (Å²) in [5.74, 6) is -1.18. The van der Waals surface area contributed by atoms with Crippen LogP contribution in [0.15, 0.2) is 114 Å². The number of nitrogens with one attached hydrogen (secondary N) is 2. The van der Waals surface area contributed by atoms with Gasteiger partial charge in [-0.15, -0.1) is 0 Å². The molecule has 0 saturated heterocycles. The highest BCUT2D eigenvalue weighted by Gasteiger charge is 2.34. The predicted octanol–water partition coefficient (Wildman–Crippen LogP) is 5.42. The summed E-state index contributed by atoms with van der Waals surface area (Å²) in [6, 6.07) is 31.7. The van der Waals surface area contributed by atoms with Gasteiger partial charge in [0.25, 0.3) is 5.91 Å². The lowest BCUT2D eigenvalue weighted by atomic mass is 10.0. The van der Waals surface area contributed by atoms with E-state index in [-0.39, 0.29) is 13.2 Å². The van der Waals surface area contributed by atoms with Crippen LogP contribution in [-0.2, 0) is 20.9 Å². The number of aliphatic imine (C=N–C) groups is 1. The number of esters is 1. The second kappa shape index (κ2) is 12.3. The molecule has 1 atom stereocenters. The van der Waals surface area contributed by atoms with Crippen LogP contribution >= 0.6 is 11.6 Å². The molecule has 0 bridgehead atoms. The van der Waals surface area contributed by atoms with Gasteiger partial charge in [-0.2, -0.15) is 0 Å². The number of urea groups is 1. The van der Waals surface area contributed by atoms with Crippen LogP contribution in [0, 0.1) is 0 Å². The smallest absolute Gasteiger partial charge is 0.326 e. The summed E-state index contributed by atoms with van der Waals surface area (Å²) in [6.07, 6.45) is -1.32. The van der Waals surface area contributed by atoms with E-state index in [1.807, 2.05) is 72.8 Å². The molecular formula is C31H25ClN4O4. The molecule has 0 radical (unpaired) electrons. The van der Waals surface area contributed by atoms with Gasteiger partial charge in [-0.25, -0.2) is 9.79 Å². The Hall–Kier alpha value is -4.95. The third-order valence-corrected chi connectivity index (χ3v) is 6.41. The van der Waals surface area contributed by atoms with Gasteiger partial charge in [0.2, 0.25) is 6.17 Å².